The van der Waals surface area contributed by atoms with Crippen LogP contribution in [0.4, 0.5) is 4.39 Å². The van der Waals surface area contributed by atoms with E-state index in [-0.39, 0.29) is 22.0 Å². The first-order chi connectivity index (χ1) is 8.61. The smallest absolute Gasteiger partial charge is 0.207 e. The number of aromatic nitrogens is 1. The third-order valence-corrected chi connectivity index (χ3v) is 3.42. The number of nitriles is 1. The molecule has 0 saturated heterocycles. The first-order valence-corrected chi connectivity index (χ1v) is 5.93. The van der Waals surface area contributed by atoms with Crippen molar-refractivity contribution in [3.63, 3.8) is 0 Å². The highest BCUT2D eigenvalue weighted by Crippen LogP contribution is 2.37. The second-order valence-corrected chi connectivity index (χ2v) is 4.81. The maximum atomic E-state index is 13.4. The second kappa shape index (κ2) is 3.82. The molecule has 3 nitrogen and oxygen atoms in total. The molecular formula is C13H8ClFN2O. The van der Waals surface area contributed by atoms with Crippen LogP contribution in [0.3, 0.4) is 0 Å². The standard InChI is InChI=1S/C13H8ClFN2O/c14-10-4-12-9(3-11(10)15)13(18)7(5-16)6-17(12)8-1-2-8/h3-4,6,8H,1-2H2. The molecule has 1 aliphatic carbocycles. The normalized spacial score (nSPS) is 14.7. The van der Waals surface area contributed by atoms with E-state index in [1.807, 2.05) is 10.6 Å². The van der Waals surface area contributed by atoms with Crippen LogP contribution in [0.5, 0.6) is 0 Å². The zero-order valence-electron chi connectivity index (χ0n) is 9.28. The highest BCUT2D eigenvalue weighted by Gasteiger charge is 2.26. The van der Waals surface area contributed by atoms with Crippen LogP contribution in [0.2, 0.25) is 5.02 Å². The lowest BCUT2D eigenvalue weighted by molar-refractivity contribution is 0.629. The molecule has 2 aromatic rings. The number of hydrogen-bond donors (Lipinski definition) is 0. The van der Waals surface area contributed by atoms with E-state index in [1.165, 1.54) is 12.3 Å². The molecule has 5 heteroatoms. The lowest BCUT2D eigenvalue weighted by Crippen LogP contribution is -2.12. The Morgan fingerprint density at radius 2 is 2.17 bits per heavy atom. The van der Waals surface area contributed by atoms with Gasteiger partial charge < -0.3 is 4.57 Å². The minimum Gasteiger partial charge on any atom is -0.343 e. The third-order valence-electron chi connectivity index (χ3n) is 3.13. The molecule has 1 aliphatic rings. The van der Waals surface area contributed by atoms with Crippen molar-refractivity contribution in [2.75, 3.05) is 0 Å². The van der Waals surface area contributed by atoms with Crippen LogP contribution >= 0.6 is 11.6 Å². The van der Waals surface area contributed by atoms with Crippen LogP contribution in [-0.4, -0.2) is 4.57 Å². The highest BCUT2D eigenvalue weighted by molar-refractivity contribution is 6.31. The fourth-order valence-electron chi connectivity index (χ4n) is 2.08. The van der Waals surface area contributed by atoms with Crippen molar-refractivity contribution in [1.29, 1.82) is 5.26 Å². The largest absolute Gasteiger partial charge is 0.343 e. The van der Waals surface area contributed by atoms with Gasteiger partial charge in [0.2, 0.25) is 5.43 Å². The van der Waals surface area contributed by atoms with E-state index in [2.05, 4.69) is 0 Å². The molecule has 18 heavy (non-hydrogen) atoms. The number of benzene rings is 1. The summed E-state index contributed by atoms with van der Waals surface area (Å²) in [7, 11) is 0. The Hall–Kier alpha value is -1.86. The van der Waals surface area contributed by atoms with Gasteiger partial charge in [-0.2, -0.15) is 5.26 Å². The number of rotatable bonds is 1. The van der Waals surface area contributed by atoms with Crippen LogP contribution in [-0.2, 0) is 0 Å². The summed E-state index contributed by atoms with van der Waals surface area (Å²) in [5, 5.41) is 9.14. The molecule has 0 spiro atoms. The summed E-state index contributed by atoms with van der Waals surface area (Å²) in [6.07, 6.45) is 3.53. The molecule has 1 heterocycles. The van der Waals surface area contributed by atoms with Crippen molar-refractivity contribution in [2.24, 2.45) is 0 Å². The van der Waals surface area contributed by atoms with Crippen molar-refractivity contribution >= 4 is 22.5 Å². The zero-order chi connectivity index (χ0) is 12.9. The van der Waals surface area contributed by atoms with E-state index >= 15 is 0 Å². The molecule has 0 radical (unpaired) electrons. The van der Waals surface area contributed by atoms with Gasteiger partial charge in [0.1, 0.15) is 17.4 Å². The molecule has 0 unspecified atom stereocenters. The van der Waals surface area contributed by atoms with Gasteiger partial charge in [-0.25, -0.2) is 4.39 Å². The Morgan fingerprint density at radius 3 is 2.78 bits per heavy atom. The Kier molecular flexibility index (Phi) is 2.39. The first-order valence-electron chi connectivity index (χ1n) is 5.56. The van der Waals surface area contributed by atoms with Crippen LogP contribution in [0.15, 0.2) is 23.1 Å². The van der Waals surface area contributed by atoms with Gasteiger partial charge in [0.25, 0.3) is 0 Å². The van der Waals surface area contributed by atoms with E-state index < -0.39 is 11.2 Å². The molecule has 1 saturated carbocycles. The van der Waals surface area contributed by atoms with Crippen LogP contribution < -0.4 is 5.43 Å². The topological polar surface area (TPSA) is 45.8 Å². The van der Waals surface area contributed by atoms with Gasteiger partial charge >= 0.3 is 0 Å². The van der Waals surface area contributed by atoms with Gasteiger partial charge in [-0.15, -0.1) is 0 Å². The molecule has 0 bridgehead atoms. The number of nitrogens with zero attached hydrogens (tertiary/aromatic N) is 2. The number of fused-ring (bicyclic) bond motifs is 1. The van der Waals surface area contributed by atoms with Crippen LogP contribution in [0, 0.1) is 17.1 Å². The molecule has 0 N–H and O–H groups in total. The third kappa shape index (κ3) is 1.59. The molecule has 1 fully saturated rings. The summed E-state index contributed by atoms with van der Waals surface area (Å²) < 4.78 is 15.3. The van der Waals surface area contributed by atoms with E-state index in [1.54, 1.807) is 0 Å². The van der Waals surface area contributed by atoms with Gasteiger partial charge in [0, 0.05) is 12.2 Å². The summed E-state index contributed by atoms with van der Waals surface area (Å²) in [6.45, 7) is 0. The fraction of sp³-hybridized carbons (Fsp3) is 0.231. The maximum Gasteiger partial charge on any atom is 0.207 e. The molecule has 0 amide bonds. The van der Waals surface area contributed by atoms with Gasteiger partial charge in [-0.1, -0.05) is 11.6 Å². The highest BCUT2D eigenvalue weighted by atomic mass is 35.5. The second-order valence-electron chi connectivity index (χ2n) is 4.41. The first kappa shape index (κ1) is 11.2. The molecular weight excluding hydrogens is 255 g/mol. The average molecular weight is 263 g/mol. The molecule has 90 valence electrons. The van der Waals surface area contributed by atoms with Crippen molar-refractivity contribution in [3.8, 4) is 6.07 Å². The predicted octanol–water partition coefficient (Wildman–Crippen LogP) is 3.00. The lowest BCUT2D eigenvalue weighted by Gasteiger charge is -2.11. The molecule has 1 aromatic carbocycles. The number of hydrogen-bond acceptors (Lipinski definition) is 2. The Morgan fingerprint density at radius 1 is 1.44 bits per heavy atom. The van der Waals surface area contributed by atoms with Crippen molar-refractivity contribution < 1.29 is 4.39 Å². The van der Waals surface area contributed by atoms with Crippen molar-refractivity contribution in [3.05, 3.63) is 45.0 Å². The lowest BCUT2D eigenvalue weighted by atomic mass is 10.1. The molecule has 0 atom stereocenters. The number of pyridine rings is 1. The summed E-state index contributed by atoms with van der Waals surface area (Å²) in [6, 6.07) is 4.70. The monoisotopic (exact) mass is 262 g/mol. The Balaban J connectivity index is 2.47. The van der Waals surface area contributed by atoms with E-state index in [0.29, 0.717) is 5.52 Å². The van der Waals surface area contributed by atoms with Gasteiger partial charge in [-0.3, -0.25) is 4.79 Å². The Labute approximate surface area is 107 Å². The van der Waals surface area contributed by atoms with Gasteiger partial charge in [-0.05, 0) is 25.0 Å². The quantitative estimate of drug-likeness (QED) is 0.793. The maximum absolute atomic E-state index is 13.4. The van der Waals surface area contributed by atoms with E-state index in [4.69, 9.17) is 16.9 Å². The number of halogens is 2. The zero-order valence-corrected chi connectivity index (χ0v) is 10.0. The van der Waals surface area contributed by atoms with Gasteiger partial charge in [0.05, 0.1) is 15.9 Å². The summed E-state index contributed by atoms with van der Waals surface area (Å²) in [5.74, 6) is -0.640. The summed E-state index contributed by atoms with van der Waals surface area (Å²) in [5.41, 5.74) is 0.184. The van der Waals surface area contributed by atoms with E-state index in [9.17, 15) is 9.18 Å². The molecule has 0 aliphatic heterocycles. The Bertz CT molecular complexity index is 756. The molecule has 3 rings (SSSR count). The summed E-state index contributed by atoms with van der Waals surface area (Å²) in [4.78, 5) is 12.0. The van der Waals surface area contributed by atoms with Crippen LogP contribution in [0.1, 0.15) is 24.4 Å². The fourth-order valence-corrected chi connectivity index (χ4v) is 2.24. The van der Waals surface area contributed by atoms with E-state index in [0.717, 1.165) is 18.9 Å². The van der Waals surface area contributed by atoms with Crippen molar-refractivity contribution in [1.82, 2.24) is 4.57 Å². The molecule has 1 aromatic heterocycles. The van der Waals surface area contributed by atoms with Crippen LogP contribution in [0.25, 0.3) is 10.9 Å². The summed E-state index contributed by atoms with van der Waals surface area (Å²) >= 11 is 5.76. The minimum absolute atomic E-state index is 0.0130. The minimum atomic E-state index is -0.640. The SMILES string of the molecule is N#Cc1cn(C2CC2)c2cc(Cl)c(F)cc2c1=O. The van der Waals surface area contributed by atoms with Gasteiger partial charge in [0.15, 0.2) is 0 Å². The predicted molar refractivity (Wildman–Crippen MR) is 66.2 cm³/mol. The average Bonchev–Trinajstić information content (AvgIpc) is 3.17. The van der Waals surface area contributed by atoms with Crippen molar-refractivity contribution in [2.45, 2.75) is 18.9 Å².